The van der Waals surface area contributed by atoms with Gasteiger partial charge < -0.3 is 28.4 Å². The average molecular weight is 457 g/mol. The lowest BCUT2D eigenvalue weighted by atomic mass is 9.77. The Morgan fingerprint density at radius 2 is 1.58 bits per heavy atom. The molecule has 0 unspecified atom stereocenters. The van der Waals surface area contributed by atoms with E-state index in [2.05, 4.69) is 46.8 Å². The van der Waals surface area contributed by atoms with Crippen LogP contribution in [0.4, 0.5) is 4.79 Å². The van der Waals surface area contributed by atoms with Crippen molar-refractivity contribution in [3.05, 3.63) is 29.8 Å². The van der Waals surface area contributed by atoms with Crippen molar-refractivity contribution in [2.45, 2.75) is 95.4 Å². The van der Waals surface area contributed by atoms with E-state index in [1.54, 1.807) is 0 Å². The molecule has 8 heteroatoms. The SMILES string of the molecule is C[C@@H](c1ccc(B2OC(C)(C)C(C)(C)O2)cc1)N1CC[C@]2(CCCC3(C2)OCCO3)OC1=O. The summed E-state index contributed by atoms with van der Waals surface area (Å²) in [5.41, 5.74) is 0.822. The molecule has 180 valence electrons. The molecule has 3 heterocycles. The number of carbonyl (C=O) groups excluding carboxylic acids is 1. The first-order valence-corrected chi connectivity index (χ1v) is 12.3. The number of ether oxygens (including phenoxy) is 3. The first kappa shape index (κ1) is 23.2. The van der Waals surface area contributed by atoms with Gasteiger partial charge in [0.15, 0.2) is 5.79 Å². The molecule has 4 fully saturated rings. The maximum absolute atomic E-state index is 13.1. The first-order valence-electron chi connectivity index (χ1n) is 12.3. The van der Waals surface area contributed by atoms with Gasteiger partial charge in [-0.1, -0.05) is 24.3 Å². The van der Waals surface area contributed by atoms with Gasteiger partial charge in [-0.2, -0.15) is 0 Å². The zero-order valence-electron chi connectivity index (χ0n) is 20.5. The highest BCUT2D eigenvalue weighted by Crippen LogP contribution is 2.46. The Kier molecular flexibility index (Phi) is 5.59. The Labute approximate surface area is 197 Å². The van der Waals surface area contributed by atoms with E-state index in [-0.39, 0.29) is 23.3 Å². The zero-order valence-corrected chi connectivity index (χ0v) is 20.5. The summed E-state index contributed by atoms with van der Waals surface area (Å²) in [4.78, 5) is 14.9. The minimum absolute atomic E-state index is 0.0845. The Morgan fingerprint density at radius 3 is 2.18 bits per heavy atom. The van der Waals surface area contributed by atoms with Crippen LogP contribution in [0.3, 0.4) is 0 Å². The highest BCUT2D eigenvalue weighted by molar-refractivity contribution is 6.62. The summed E-state index contributed by atoms with van der Waals surface area (Å²) in [5.74, 6) is -0.560. The van der Waals surface area contributed by atoms with Crippen molar-refractivity contribution >= 4 is 18.7 Å². The van der Waals surface area contributed by atoms with Crippen LogP contribution in [-0.2, 0) is 23.5 Å². The van der Waals surface area contributed by atoms with Crippen LogP contribution in [0, 0.1) is 0 Å². The van der Waals surface area contributed by atoms with Crippen LogP contribution in [0.1, 0.15) is 78.3 Å². The van der Waals surface area contributed by atoms with E-state index in [1.807, 2.05) is 17.0 Å². The molecule has 1 aromatic carbocycles. The molecular weight excluding hydrogens is 421 g/mol. The van der Waals surface area contributed by atoms with Gasteiger partial charge in [0.25, 0.3) is 0 Å². The van der Waals surface area contributed by atoms with Gasteiger partial charge in [-0.25, -0.2) is 4.79 Å². The lowest BCUT2D eigenvalue weighted by Gasteiger charge is -2.48. The Bertz CT molecular complexity index is 881. The number of rotatable bonds is 3. The van der Waals surface area contributed by atoms with Crippen molar-refractivity contribution in [2.24, 2.45) is 0 Å². The van der Waals surface area contributed by atoms with Crippen molar-refractivity contribution in [1.82, 2.24) is 4.90 Å². The lowest BCUT2D eigenvalue weighted by Crippen LogP contribution is -2.55. The number of benzene rings is 1. The largest absolute Gasteiger partial charge is 0.494 e. The number of amides is 1. The maximum atomic E-state index is 13.1. The van der Waals surface area contributed by atoms with E-state index in [4.69, 9.17) is 23.5 Å². The molecule has 1 aliphatic carbocycles. The third kappa shape index (κ3) is 4.09. The van der Waals surface area contributed by atoms with E-state index in [1.165, 1.54) is 0 Å². The van der Waals surface area contributed by atoms with Crippen LogP contribution in [0.15, 0.2) is 24.3 Å². The smallest absolute Gasteiger partial charge is 0.442 e. The minimum Gasteiger partial charge on any atom is -0.442 e. The van der Waals surface area contributed by atoms with Crippen molar-refractivity contribution in [2.75, 3.05) is 19.8 Å². The normalized spacial score (nSPS) is 31.2. The van der Waals surface area contributed by atoms with Crippen LogP contribution in [0.2, 0.25) is 0 Å². The molecule has 1 amide bonds. The van der Waals surface area contributed by atoms with Crippen molar-refractivity contribution in [3.8, 4) is 0 Å². The second-order valence-corrected chi connectivity index (χ2v) is 11.1. The van der Waals surface area contributed by atoms with Crippen molar-refractivity contribution < 1.29 is 28.3 Å². The fourth-order valence-electron chi connectivity index (χ4n) is 5.54. The third-order valence-electron chi connectivity index (χ3n) is 8.35. The molecule has 1 aromatic rings. The van der Waals surface area contributed by atoms with Crippen LogP contribution in [0.5, 0.6) is 0 Å². The van der Waals surface area contributed by atoms with Crippen molar-refractivity contribution in [3.63, 3.8) is 0 Å². The minimum atomic E-state index is -0.560. The standard InChI is InChI=1S/C25H36BNO6/c1-18(19-7-9-20(10-8-19)26-32-22(2,3)23(4,5)33-26)27-14-13-24(31-21(27)28)11-6-12-25(17-24)29-15-16-30-25/h7-10,18H,6,11-17H2,1-5H3/t18-,24-/m0/s1. The second-order valence-electron chi connectivity index (χ2n) is 11.1. The summed E-state index contributed by atoms with van der Waals surface area (Å²) >= 11 is 0. The molecule has 0 N–H and O–H groups in total. The van der Waals surface area contributed by atoms with E-state index in [0.29, 0.717) is 26.2 Å². The van der Waals surface area contributed by atoms with Gasteiger partial charge in [0.1, 0.15) is 5.60 Å². The fraction of sp³-hybridized carbons (Fsp3) is 0.720. The molecule has 4 aliphatic rings. The molecular formula is C25H36BNO6. The second kappa shape index (κ2) is 7.97. The van der Waals surface area contributed by atoms with Gasteiger partial charge in [0.2, 0.25) is 0 Å². The number of carbonyl (C=O) groups is 1. The molecule has 1 saturated carbocycles. The summed E-state index contributed by atoms with van der Waals surface area (Å²) < 4.78 is 30.3. The highest BCUT2D eigenvalue weighted by atomic mass is 16.7. The summed E-state index contributed by atoms with van der Waals surface area (Å²) in [6, 6.07) is 8.09. The Morgan fingerprint density at radius 1 is 0.939 bits per heavy atom. The molecule has 0 aromatic heterocycles. The predicted octanol–water partition coefficient (Wildman–Crippen LogP) is 3.95. The van der Waals surface area contributed by atoms with E-state index >= 15 is 0 Å². The van der Waals surface area contributed by atoms with Gasteiger partial charge >= 0.3 is 13.2 Å². The molecule has 7 nitrogen and oxygen atoms in total. The quantitative estimate of drug-likeness (QED) is 0.641. The Balaban J connectivity index is 1.24. The lowest BCUT2D eigenvalue weighted by molar-refractivity contribution is -0.225. The summed E-state index contributed by atoms with van der Waals surface area (Å²) in [6.07, 6.45) is 3.88. The van der Waals surface area contributed by atoms with Crippen LogP contribution in [0.25, 0.3) is 0 Å². The van der Waals surface area contributed by atoms with Crippen LogP contribution >= 0.6 is 0 Å². The van der Waals surface area contributed by atoms with Crippen LogP contribution < -0.4 is 5.46 Å². The van der Waals surface area contributed by atoms with Gasteiger partial charge in [0.05, 0.1) is 30.5 Å². The predicted molar refractivity (Wildman–Crippen MR) is 124 cm³/mol. The molecule has 3 saturated heterocycles. The first-order chi connectivity index (χ1) is 15.5. The molecule has 2 spiro atoms. The van der Waals surface area contributed by atoms with Gasteiger partial charge in [0, 0.05) is 25.8 Å². The monoisotopic (exact) mass is 457 g/mol. The van der Waals surface area contributed by atoms with Gasteiger partial charge in [-0.05, 0) is 58.5 Å². The molecule has 0 radical (unpaired) electrons. The van der Waals surface area contributed by atoms with Gasteiger partial charge in [-0.15, -0.1) is 0 Å². The maximum Gasteiger partial charge on any atom is 0.494 e. The molecule has 2 atom stereocenters. The fourth-order valence-corrected chi connectivity index (χ4v) is 5.54. The molecule has 3 aliphatic heterocycles. The highest BCUT2D eigenvalue weighted by Gasteiger charge is 2.53. The topological polar surface area (TPSA) is 66.5 Å². The number of nitrogens with zero attached hydrogens (tertiary/aromatic N) is 1. The van der Waals surface area contributed by atoms with E-state index < -0.39 is 18.5 Å². The Hall–Kier alpha value is -1.61. The summed E-state index contributed by atoms with van der Waals surface area (Å²) in [5, 5.41) is 0. The number of hydrogen-bond donors (Lipinski definition) is 0. The molecule has 5 rings (SSSR count). The van der Waals surface area contributed by atoms with Crippen LogP contribution in [-0.4, -0.2) is 60.5 Å². The number of hydrogen-bond acceptors (Lipinski definition) is 6. The van der Waals surface area contributed by atoms with Gasteiger partial charge in [-0.3, -0.25) is 0 Å². The van der Waals surface area contributed by atoms with E-state index in [9.17, 15) is 4.79 Å². The van der Waals surface area contributed by atoms with Crippen molar-refractivity contribution in [1.29, 1.82) is 0 Å². The third-order valence-corrected chi connectivity index (χ3v) is 8.35. The van der Waals surface area contributed by atoms with E-state index in [0.717, 1.165) is 36.7 Å². The average Bonchev–Trinajstić information content (AvgIpc) is 3.28. The molecule has 33 heavy (non-hydrogen) atoms. The zero-order chi connectivity index (χ0) is 23.5. The molecule has 0 bridgehead atoms. The summed E-state index contributed by atoms with van der Waals surface area (Å²) in [6.45, 7) is 12.2. The summed E-state index contributed by atoms with van der Waals surface area (Å²) in [7, 11) is -0.391.